The third kappa shape index (κ3) is 5.90. The van der Waals surface area contributed by atoms with E-state index in [1.807, 2.05) is 30.3 Å². The molecule has 0 aliphatic heterocycles. The Labute approximate surface area is 159 Å². The minimum Gasteiger partial charge on any atom is -0.493 e. The summed E-state index contributed by atoms with van der Waals surface area (Å²) in [7, 11) is 0. The van der Waals surface area contributed by atoms with E-state index < -0.39 is 6.36 Å². The van der Waals surface area contributed by atoms with E-state index in [2.05, 4.69) is 4.74 Å². The molecule has 0 aliphatic carbocycles. The first-order valence-corrected chi connectivity index (χ1v) is 8.61. The highest BCUT2D eigenvalue weighted by Crippen LogP contribution is 2.22. The van der Waals surface area contributed by atoms with E-state index in [4.69, 9.17) is 4.74 Å². The summed E-state index contributed by atoms with van der Waals surface area (Å²) in [5.41, 5.74) is 1.57. The zero-order chi connectivity index (χ0) is 20.0. The number of pyridine rings is 1. The number of hydrogen-bond donors (Lipinski definition) is 0. The molecular formula is C21H18F3NO3. The van der Waals surface area contributed by atoms with Crippen LogP contribution in [0.4, 0.5) is 13.2 Å². The van der Waals surface area contributed by atoms with E-state index in [-0.39, 0.29) is 17.9 Å². The summed E-state index contributed by atoms with van der Waals surface area (Å²) in [6.07, 6.45) is -2.40. The maximum Gasteiger partial charge on any atom is 0.573 e. The highest BCUT2D eigenvalue weighted by atomic mass is 19.4. The minimum absolute atomic E-state index is 0.232. The molecule has 1 aromatic heterocycles. The first-order valence-electron chi connectivity index (χ1n) is 8.61. The quantitative estimate of drug-likeness (QED) is 0.601. The Balaban J connectivity index is 1.57. The van der Waals surface area contributed by atoms with E-state index in [0.29, 0.717) is 17.9 Å². The molecule has 3 rings (SSSR count). The molecule has 28 heavy (non-hydrogen) atoms. The van der Waals surface area contributed by atoms with Crippen molar-refractivity contribution in [3.8, 4) is 11.5 Å². The first kappa shape index (κ1) is 19.5. The van der Waals surface area contributed by atoms with Crippen LogP contribution in [0.2, 0.25) is 0 Å². The summed E-state index contributed by atoms with van der Waals surface area (Å²) in [5, 5.41) is 0. The zero-order valence-electron chi connectivity index (χ0n) is 14.9. The van der Waals surface area contributed by atoms with Gasteiger partial charge in [-0.3, -0.25) is 4.79 Å². The van der Waals surface area contributed by atoms with E-state index in [0.717, 1.165) is 12.0 Å². The second kappa shape index (κ2) is 8.65. The van der Waals surface area contributed by atoms with Crippen LogP contribution in [-0.4, -0.2) is 17.5 Å². The molecule has 7 heteroatoms. The number of benzene rings is 2. The highest BCUT2D eigenvalue weighted by Gasteiger charge is 2.30. The van der Waals surface area contributed by atoms with Crippen LogP contribution in [0.15, 0.2) is 77.7 Å². The van der Waals surface area contributed by atoms with Gasteiger partial charge in [0.1, 0.15) is 11.5 Å². The molecule has 0 saturated heterocycles. The maximum absolute atomic E-state index is 12.2. The van der Waals surface area contributed by atoms with E-state index in [1.165, 1.54) is 34.9 Å². The van der Waals surface area contributed by atoms with Crippen LogP contribution in [-0.2, 0) is 13.0 Å². The van der Waals surface area contributed by atoms with Gasteiger partial charge < -0.3 is 14.0 Å². The van der Waals surface area contributed by atoms with E-state index >= 15 is 0 Å². The average Bonchev–Trinajstić information content (AvgIpc) is 2.65. The van der Waals surface area contributed by atoms with Crippen LogP contribution in [0.25, 0.3) is 0 Å². The first-order chi connectivity index (χ1) is 13.4. The Morgan fingerprint density at radius 3 is 2.21 bits per heavy atom. The van der Waals surface area contributed by atoms with Gasteiger partial charge in [0.25, 0.3) is 5.56 Å². The molecule has 0 amide bonds. The fraction of sp³-hybridized carbons (Fsp3) is 0.190. The van der Waals surface area contributed by atoms with Gasteiger partial charge in [0, 0.05) is 18.7 Å². The van der Waals surface area contributed by atoms with Crippen LogP contribution < -0.4 is 15.0 Å². The van der Waals surface area contributed by atoms with E-state index in [9.17, 15) is 18.0 Å². The number of rotatable bonds is 7. The summed E-state index contributed by atoms with van der Waals surface area (Å²) in [4.78, 5) is 12.2. The van der Waals surface area contributed by atoms with Gasteiger partial charge in [-0.05, 0) is 29.3 Å². The fourth-order valence-corrected chi connectivity index (χ4v) is 2.63. The lowest BCUT2D eigenvalue weighted by Crippen LogP contribution is -2.19. The van der Waals surface area contributed by atoms with Crippen molar-refractivity contribution in [1.82, 2.24) is 4.57 Å². The van der Waals surface area contributed by atoms with Gasteiger partial charge in [-0.25, -0.2) is 0 Å². The second-order valence-electron chi connectivity index (χ2n) is 6.10. The van der Waals surface area contributed by atoms with Crippen molar-refractivity contribution in [1.29, 1.82) is 0 Å². The molecule has 0 fully saturated rings. The van der Waals surface area contributed by atoms with Gasteiger partial charge in [-0.15, -0.1) is 13.2 Å². The monoisotopic (exact) mass is 389 g/mol. The normalized spacial score (nSPS) is 11.2. The molecule has 3 aromatic rings. The molecular weight excluding hydrogens is 371 g/mol. The van der Waals surface area contributed by atoms with Crippen molar-refractivity contribution in [3.05, 3.63) is 94.4 Å². The summed E-state index contributed by atoms with van der Waals surface area (Å²) >= 11 is 0. The van der Waals surface area contributed by atoms with Crippen molar-refractivity contribution >= 4 is 0 Å². The number of hydrogen-bond acceptors (Lipinski definition) is 3. The molecule has 146 valence electrons. The third-order valence-corrected chi connectivity index (χ3v) is 3.98. The minimum atomic E-state index is -4.73. The number of ether oxygens (including phenoxy) is 2. The molecule has 0 radical (unpaired) electrons. The lowest BCUT2D eigenvalue weighted by molar-refractivity contribution is -0.274. The van der Waals surface area contributed by atoms with Crippen LogP contribution in [0, 0.1) is 0 Å². The lowest BCUT2D eigenvalue weighted by Gasteiger charge is -2.11. The van der Waals surface area contributed by atoms with Gasteiger partial charge in [-0.1, -0.05) is 42.5 Å². The van der Waals surface area contributed by atoms with Gasteiger partial charge in [0.15, 0.2) is 0 Å². The molecule has 0 unspecified atom stereocenters. The molecule has 0 N–H and O–H groups in total. The standard InChI is InChI=1S/C21H18F3NO3/c22-21(23,24)28-18-8-6-17(7-9-18)15-25-12-10-19(14-20(25)26)27-13-11-16-4-2-1-3-5-16/h1-10,12,14H,11,13,15H2. The number of alkyl halides is 3. The molecule has 0 aliphatic rings. The van der Waals surface area contributed by atoms with Crippen molar-refractivity contribution in [2.75, 3.05) is 6.61 Å². The van der Waals surface area contributed by atoms with Gasteiger partial charge >= 0.3 is 6.36 Å². The van der Waals surface area contributed by atoms with Crippen molar-refractivity contribution in [2.24, 2.45) is 0 Å². The summed E-state index contributed by atoms with van der Waals surface area (Å²) in [6, 6.07) is 18.4. The molecule has 4 nitrogen and oxygen atoms in total. The van der Waals surface area contributed by atoms with Crippen LogP contribution in [0.3, 0.4) is 0 Å². The Morgan fingerprint density at radius 1 is 0.857 bits per heavy atom. The Morgan fingerprint density at radius 2 is 1.57 bits per heavy atom. The van der Waals surface area contributed by atoms with Crippen LogP contribution in [0.5, 0.6) is 11.5 Å². The molecule has 2 aromatic carbocycles. The number of halogens is 3. The third-order valence-electron chi connectivity index (χ3n) is 3.98. The summed E-state index contributed by atoms with van der Waals surface area (Å²) < 4.78 is 47.5. The lowest BCUT2D eigenvalue weighted by atomic mass is 10.2. The highest BCUT2D eigenvalue weighted by molar-refractivity contribution is 5.28. The Hall–Kier alpha value is -3.22. The SMILES string of the molecule is O=c1cc(OCCc2ccccc2)ccn1Cc1ccc(OC(F)(F)F)cc1. The Bertz CT molecular complexity index is 951. The zero-order valence-corrected chi connectivity index (χ0v) is 14.9. The Kier molecular flexibility index (Phi) is 6.03. The van der Waals surface area contributed by atoms with Crippen molar-refractivity contribution < 1.29 is 22.6 Å². The van der Waals surface area contributed by atoms with E-state index in [1.54, 1.807) is 12.3 Å². The van der Waals surface area contributed by atoms with Crippen LogP contribution in [0.1, 0.15) is 11.1 Å². The average molecular weight is 389 g/mol. The fourth-order valence-electron chi connectivity index (χ4n) is 2.63. The van der Waals surface area contributed by atoms with Gasteiger partial charge in [0.05, 0.1) is 13.2 Å². The molecule has 0 bridgehead atoms. The predicted molar refractivity (Wildman–Crippen MR) is 98.6 cm³/mol. The number of aromatic nitrogens is 1. The molecule has 0 spiro atoms. The van der Waals surface area contributed by atoms with Crippen molar-refractivity contribution in [2.45, 2.75) is 19.3 Å². The smallest absolute Gasteiger partial charge is 0.493 e. The van der Waals surface area contributed by atoms with Crippen LogP contribution >= 0.6 is 0 Å². The van der Waals surface area contributed by atoms with Gasteiger partial charge in [0.2, 0.25) is 0 Å². The molecule has 0 atom stereocenters. The largest absolute Gasteiger partial charge is 0.573 e. The topological polar surface area (TPSA) is 40.5 Å². The van der Waals surface area contributed by atoms with Gasteiger partial charge in [-0.2, -0.15) is 0 Å². The number of nitrogens with zero attached hydrogens (tertiary/aromatic N) is 1. The summed E-state index contributed by atoms with van der Waals surface area (Å²) in [5.74, 6) is 0.178. The molecule has 0 saturated carbocycles. The molecule has 1 heterocycles. The summed E-state index contributed by atoms with van der Waals surface area (Å²) in [6.45, 7) is 0.684. The van der Waals surface area contributed by atoms with Crippen molar-refractivity contribution in [3.63, 3.8) is 0 Å². The second-order valence-corrected chi connectivity index (χ2v) is 6.10. The maximum atomic E-state index is 12.2. The predicted octanol–water partition coefficient (Wildman–Crippen LogP) is 4.42.